The lowest BCUT2D eigenvalue weighted by Crippen LogP contribution is -2.53. The molecule has 1 aliphatic rings. The topological polar surface area (TPSA) is 52.6 Å². The Kier molecular flexibility index (Phi) is 3.52. The van der Waals surface area contributed by atoms with Gasteiger partial charge >= 0.3 is 6.09 Å². The van der Waals surface area contributed by atoms with Crippen LogP contribution in [0.3, 0.4) is 0 Å². The van der Waals surface area contributed by atoms with Crippen LogP contribution in [0.5, 0.6) is 0 Å². The Morgan fingerprint density at radius 1 is 1.50 bits per heavy atom. The zero-order valence-electron chi connectivity index (χ0n) is 10.5. The van der Waals surface area contributed by atoms with Crippen molar-refractivity contribution in [1.82, 2.24) is 10.2 Å². The molecule has 1 amide bonds. The fourth-order valence-corrected chi connectivity index (χ4v) is 2.53. The van der Waals surface area contributed by atoms with Crippen LogP contribution in [0.15, 0.2) is 18.2 Å². The monoisotopic (exact) mass is 252 g/mol. The summed E-state index contributed by atoms with van der Waals surface area (Å²) in [4.78, 5) is 12.8. The summed E-state index contributed by atoms with van der Waals surface area (Å²) < 4.78 is 13.1. The van der Waals surface area contributed by atoms with Crippen molar-refractivity contribution in [1.29, 1.82) is 0 Å². The summed E-state index contributed by atoms with van der Waals surface area (Å²) in [5.74, 6) is -0.296. The highest BCUT2D eigenvalue weighted by Crippen LogP contribution is 2.28. The summed E-state index contributed by atoms with van der Waals surface area (Å²) in [6.07, 6.45) is -0.933. The second-order valence-electron chi connectivity index (χ2n) is 4.71. The van der Waals surface area contributed by atoms with Crippen LogP contribution in [0.25, 0.3) is 0 Å². The maximum Gasteiger partial charge on any atom is 0.408 e. The van der Waals surface area contributed by atoms with Crippen LogP contribution < -0.4 is 5.32 Å². The van der Waals surface area contributed by atoms with E-state index < -0.39 is 6.09 Å². The third-order valence-electron chi connectivity index (χ3n) is 3.40. The van der Waals surface area contributed by atoms with Crippen molar-refractivity contribution >= 4 is 6.09 Å². The highest BCUT2D eigenvalue weighted by atomic mass is 19.1. The smallest absolute Gasteiger partial charge is 0.408 e. The van der Waals surface area contributed by atoms with Gasteiger partial charge < -0.3 is 10.4 Å². The number of hydrogen-bond acceptors (Lipinski definition) is 2. The number of piperazine rings is 1. The largest absolute Gasteiger partial charge is 0.465 e. The molecule has 1 aromatic carbocycles. The fraction of sp³-hybridized carbons (Fsp3) is 0.462. The van der Waals surface area contributed by atoms with Crippen molar-refractivity contribution in [2.75, 3.05) is 13.1 Å². The number of nitrogens with zero attached hydrogens (tertiary/aromatic N) is 1. The van der Waals surface area contributed by atoms with Gasteiger partial charge in [0.1, 0.15) is 5.82 Å². The minimum atomic E-state index is -0.933. The SMILES string of the molecule is Cc1cc(F)ccc1C1CNCC(C)N1C(=O)O. The van der Waals surface area contributed by atoms with Gasteiger partial charge in [-0.2, -0.15) is 0 Å². The molecule has 1 heterocycles. The summed E-state index contributed by atoms with van der Waals surface area (Å²) in [6.45, 7) is 4.87. The van der Waals surface area contributed by atoms with Gasteiger partial charge in [0.2, 0.25) is 0 Å². The number of benzene rings is 1. The number of carbonyl (C=O) groups is 1. The van der Waals surface area contributed by atoms with E-state index >= 15 is 0 Å². The van der Waals surface area contributed by atoms with Crippen molar-refractivity contribution < 1.29 is 14.3 Å². The highest BCUT2D eigenvalue weighted by molar-refractivity contribution is 5.66. The van der Waals surface area contributed by atoms with Crippen LogP contribution >= 0.6 is 0 Å². The lowest BCUT2D eigenvalue weighted by atomic mass is 9.97. The number of rotatable bonds is 1. The molecule has 1 saturated heterocycles. The zero-order valence-corrected chi connectivity index (χ0v) is 10.5. The molecule has 4 nitrogen and oxygen atoms in total. The van der Waals surface area contributed by atoms with Crippen molar-refractivity contribution in [3.63, 3.8) is 0 Å². The molecule has 0 aromatic heterocycles. The second kappa shape index (κ2) is 4.94. The number of amides is 1. The maximum absolute atomic E-state index is 13.1. The number of hydrogen-bond donors (Lipinski definition) is 2. The van der Waals surface area contributed by atoms with E-state index in [0.29, 0.717) is 13.1 Å². The van der Waals surface area contributed by atoms with E-state index in [1.165, 1.54) is 17.0 Å². The quantitative estimate of drug-likeness (QED) is 0.805. The van der Waals surface area contributed by atoms with Crippen molar-refractivity contribution in [2.24, 2.45) is 0 Å². The lowest BCUT2D eigenvalue weighted by molar-refractivity contribution is 0.0848. The molecule has 18 heavy (non-hydrogen) atoms. The van der Waals surface area contributed by atoms with Gasteiger partial charge in [-0.1, -0.05) is 6.07 Å². The van der Waals surface area contributed by atoms with Crippen LogP contribution in [0.1, 0.15) is 24.1 Å². The summed E-state index contributed by atoms with van der Waals surface area (Å²) in [5.41, 5.74) is 1.64. The first-order valence-electron chi connectivity index (χ1n) is 5.98. The molecule has 0 saturated carbocycles. The van der Waals surface area contributed by atoms with Gasteiger partial charge in [-0.15, -0.1) is 0 Å². The molecule has 2 N–H and O–H groups in total. The Morgan fingerprint density at radius 3 is 2.83 bits per heavy atom. The molecule has 98 valence electrons. The molecular formula is C13H17FN2O2. The first kappa shape index (κ1) is 12.8. The standard InChI is InChI=1S/C13H17FN2O2/c1-8-5-10(14)3-4-11(8)12-7-15-6-9(2)16(12)13(17)18/h3-5,9,12,15H,6-7H2,1-2H3,(H,17,18). The molecule has 1 aliphatic heterocycles. The molecule has 0 aliphatic carbocycles. The second-order valence-corrected chi connectivity index (χ2v) is 4.71. The Morgan fingerprint density at radius 2 is 2.22 bits per heavy atom. The number of aryl methyl sites for hydroxylation is 1. The highest BCUT2D eigenvalue weighted by Gasteiger charge is 2.33. The molecule has 2 unspecified atom stereocenters. The normalized spacial score (nSPS) is 24.1. The Labute approximate surface area is 105 Å². The van der Waals surface area contributed by atoms with E-state index in [2.05, 4.69) is 5.32 Å². The van der Waals surface area contributed by atoms with Crippen LogP contribution in [0.2, 0.25) is 0 Å². The number of carboxylic acid groups (broad SMARTS) is 1. The average Bonchev–Trinajstić information content (AvgIpc) is 2.28. The third-order valence-corrected chi connectivity index (χ3v) is 3.40. The summed E-state index contributed by atoms with van der Waals surface area (Å²) in [6, 6.07) is 4.14. The Balaban J connectivity index is 2.37. The predicted molar refractivity (Wildman–Crippen MR) is 66.1 cm³/mol. The average molecular weight is 252 g/mol. The number of nitrogens with one attached hydrogen (secondary N) is 1. The van der Waals surface area contributed by atoms with Crippen molar-refractivity contribution in [3.05, 3.63) is 35.1 Å². The molecule has 0 bridgehead atoms. The Bertz CT molecular complexity index is 464. The molecule has 2 atom stereocenters. The molecular weight excluding hydrogens is 235 g/mol. The van der Waals surface area contributed by atoms with Gasteiger partial charge in [0.15, 0.2) is 0 Å². The maximum atomic E-state index is 13.1. The molecule has 2 rings (SSSR count). The van der Waals surface area contributed by atoms with Crippen LogP contribution in [0.4, 0.5) is 9.18 Å². The van der Waals surface area contributed by atoms with Gasteiger partial charge in [-0.3, -0.25) is 4.90 Å². The third kappa shape index (κ3) is 2.31. The van der Waals surface area contributed by atoms with E-state index in [1.807, 2.05) is 6.92 Å². The first-order chi connectivity index (χ1) is 8.50. The van der Waals surface area contributed by atoms with E-state index in [-0.39, 0.29) is 17.9 Å². The van der Waals surface area contributed by atoms with E-state index in [4.69, 9.17) is 0 Å². The lowest BCUT2D eigenvalue weighted by Gasteiger charge is -2.39. The number of halogens is 1. The van der Waals surface area contributed by atoms with Crippen LogP contribution in [-0.4, -0.2) is 35.2 Å². The molecule has 1 fully saturated rings. The fourth-order valence-electron chi connectivity index (χ4n) is 2.53. The summed E-state index contributed by atoms with van der Waals surface area (Å²) in [7, 11) is 0. The van der Waals surface area contributed by atoms with Gasteiger partial charge in [0.25, 0.3) is 0 Å². The van der Waals surface area contributed by atoms with Crippen LogP contribution in [-0.2, 0) is 0 Å². The predicted octanol–water partition coefficient (Wildman–Crippen LogP) is 2.15. The van der Waals surface area contributed by atoms with E-state index in [0.717, 1.165) is 11.1 Å². The molecule has 1 aromatic rings. The minimum Gasteiger partial charge on any atom is -0.465 e. The van der Waals surface area contributed by atoms with E-state index in [9.17, 15) is 14.3 Å². The van der Waals surface area contributed by atoms with Crippen molar-refractivity contribution in [2.45, 2.75) is 25.9 Å². The van der Waals surface area contributed by atoms with Gasteiger partial charge in [-0.25, -0.2) is 9.18 Å². The van der Waals surface area contributed by atoms with Crippen molar-refractivity contribution in [3.8, 4) is 0 Å². The van der Waals surface area contributed by atoms with E-state index in [1.54, 1.807) is 13.0 Å². The molecule has 0 radical (unpaired) electrons. The Hall–Kier alpha value is -1.62. The van der Waals surface area contributed by atoms with Gasteiger partial charge in [-0.05, 0) is 37.1 Å². The zero-order chi connectivity index (χ0) is 13.3. The molecule has 0 spiro atoms. The van der Waals surface area contributed by atoms with Gasteiger partial charge in [0, 0.05) is 19.1 Å². The minimum absolute atomic E-state index is 0.0919. The summed E-state index contributed by atoms with van der Waals surface area (Å²) >= 11 is 0. The molecule has 5 heteroatoms. The summed E-state index contributed by atoms with van der Waals surface area (Å²) in [5, 5.41) is 12.5. The first-order valence-corrected chi connectivity index (χ1v) is 5.98. The van der Waals surface area contributed by atoms with Crippen LogP contribution in [0, 0.1) is 12.7 Å². The van der Waals surface area contributed by atoms with Gasteiger partial charge in [0.05, 0.1) is 6.04 Å².